The van der Waals surface area contributed by atoms with Crippen LogP contribution in [0.15, 0.2) is 48.2 Å². The van der Waals surface area contributed by atoms with Gasteiger partial charge in [0.1, 0.15) is 11.5 Å². The van der Waals surface area contributed by atoms with Gasteiger partial charge in [0.25, 0.3) is 0 Å². The van der Waals surface area contributed by atoms with Gasteiger partial charge in [0.05, 0.1) is 12.0 Å². The minimum atomic E-state index is -0.588. The van der Waals surface area contributed by atoms with E-state index < -0.39 is 12.0 Å². The van der Waals surface area contributed by atoms with Crippen LogP contribution in [0.1, 0.15) is 31.9 Å². The molecular formula is C20H20N2O3. The van der Waals surface area contributed by atoms with Gasteiger partial charge in [-0.25, -0.2) is 4.79 Å². The molecule has 3 N–H and O–H groups in total. The number of aromatic hydroxyl groups is 1. The number of phenols is 1. The van der Waals surface area contributed by atoms with Crippen molar-refractivity contribution >= 4 is 22.6 Å². The summed E-state index contributed by atoms with van der Waals surface area (Å²) in [7, 11) is 0. The van der Waals surface area contributed by atoms with E-state index in [9.17, 15) is 14.7 Å². The van der Waals surface area contributed by atoms with Crippen molar-refractivity contribution in [2.24, 2.45) is 11.3 Å². The van der Waals surface area contributed by atoms with Gasteiger partial charge in [-0.1, -0.05) is 50.3 Å². The quantitative estimate of drug-likeness (QED) is 0.747. The first kappa shape index (κ1) is 15.7. The molecule has 4 rings (SSSR count). The summed E-state index contributed by atoms with van der Waals surface area (Å²) in [5, 5.41) is 18.0. The topological polar surface area (TPSA) is 78.4 Å². The fourth-order valence-electron chi connectivity index (χ4n) is 4.02. The number of carbonyl (C=O) groups is 2. The average molecular weight is 336 g/mol. The lowest BCUT2D eigenvalue weighted by Crippen LogP contribution is -2.53. The minimum absolute atomic E-state index is 0.0623. The molecule has 128 valence electrons. The molecule has 0 spiro atoms. The second-order valence-corrected chi connectivity index (χ2v) is 7.50. The summed E-state index contributed by atoms with van der Waals surface area (Å²) in [6.45, 7) is 3.96. The van der Waals surface area contributed by atoms with Crippen LogP contribution in [-0.2, 0) is 4.79 Å². The first-order valence-electron chi connectivity index (χ1n) is 8.39. The van der Waals surface area contributed by atoms with Gasteiger partial charge in [0.2, 0.25) is 0 Å². The number of rotatable bonds is 1. The van der Waals surface area contributed by atoms with Gasteiger partial charge >= 0.3 is 6.03 Å². The third-order valence-electron chi connectivity index (χ3n) is 4.99. The lowest BCUT2D eigenvalue weighted by molar-refractivity contribution is -0.125. The molecule has 0 saturated carbocycles. The molecule has 5 nitrogen and oxygen atoms in total. The molecule has 25 heavy (non-hydrogen) atoms. The Morgan fingerprint density at radius 1 is 1.12 bits per heavy atom. The summed E-state index contributed by atoms with van der Waals surface area (Å²) < 4.78 is 0. The zero-order valence-electron chi connectivity index (χ0n) is 14.2. The van der Waals surface area contributed by atoms with Crippen LogP contribution in [0.3, 0.4) is 0 Å². The van der Waals surface area contributed by atoms with Crippen molar-refractivity contribution in [2.75, 3.05) is 0 Å². The number of allylic oxidation sites excluding steroid dienone is 1. The number of carbonyl (C=O) groups excluding carboxylic acids is 2. The monoisotopic (exact) mass is 336 g/mol. The number of benzene rings is 2. The van der Waals surface area contributed by atoms with E-state index in [0.29, 0.717) is 17.7 Å². The molecule has 0 unspecified atom stereocenters. The third kappa shape index (κ3) is 2.56. The molecule has 0 radical (unpaired) electrons. The van der Waals surface area contributed by atoms with Crippen molar-refractivity contribution in [3.8, 4) is 5.75 Å². The maximum absolute atomic E-state index is 12.9. The molecule has 5 heteroatoms. The summed E-state index contributed by atoms with van der Waals surface area (Å²) in [6, 6.07) is 10.2. The number of phenolic OH excluding ortho intramolecular Hbond substituents is 1. The van der Waals surface area contributed by atoms with Crippen molar-refractivity contribution < 1.29 is 14.7 Å². The fraction of sp³-hybridized carbons (Fsp3) is 0.300. The van der Waals surface area contributed by atoms with E-state index in [4.69, 9.17) is 0 Å². The van der Waals surface area contributed by atoms with Gasteiger partial charge in [0, 0.05) is 17.7 Å². The van der Waals surface area contributed by atoms with Crippen molar-refractivity contribution in [3.05, 3.63) is 53.7 Å². The zero-order valence-corrected chi connectivity index (χ0v) is 14.2. The highest BCUT2D eigenvalue weighted by Crippen LogP contribution is 2.44. The molecule has 2 aromatic carbocycles. The molecule has 2 aliphatic rings. The van der Waals surface area contributed by atoms with E-state index in [1.54, 1.807) is 6.07 Å². The van der Waals surface area contributed by atoms with E-state index in [1.165, 1.54) is 0 Å². The Morgan fingerprint density at radius 3 is 2.68 bits per heavy atom. The summed E-state index contributed by atoms with van der Waals surface area (Å²) >= 11 is 0. The minimum Gasteiger partial charge on any atom is -0.508 e. The summed E-state index contributed by atoms with van der Waals surface area (Å²) in [4.78, 5) is 25.1. The van der Waals surface area contributed by atoms with Crippen molar-refractivity contribution in [1.82, 2.24) is 10.6 Å². The van der Waals surface area contributed by atoms with E-state index in [2.05, 4.69) is 10.6 Å². The molecule has 1 saturated heterocycles. The van der Waals surface area contributed by atoms with Gasteiger partial charge in [-0.3, -0.25) is 4.79 Å². The number of amides is 2. The Morgan fingerprint density at radius 2 is 1.88 bits per heavy atom. The second kappa shape index (κ2) is 5.34. The Hall–Kier alpha value is -2.82. The second-order valence-electron chi connectivity index (χ2n) is 7.50. The first-order valence-corrected chi connectivity index (χ1v) is 8.39. The van der Waals surface area contributed by atoms with Crippen molar-refractivity contribution in [3.63, 3.8) is 0 Å². The Labute approximate surface area is 145 Å². The highest BCUT2D eigenvalue weighted by Gasteiger charge is 2.44. The molecular weight excluding hydrogens is 316 g/mol. The normalized spacial score (nSPS) is 25.0. The standard InChI is InChI=1S/C20H20N2O3/c1-20(2)9-13-17(15(24)10-20)18(22-19(25)21-13)16-12-6-4-3-5-11(12)7-8-14(16)23/h3-9,17-18,23H,10H2,1-2H3,(H2,21,22,25)/t17-,18-/m0/s1. The number of nitrogens with one attached hydrogen (secondary N) is 2. The molecule has 2 atom stereocenters. The lowest BCUT2D eigenvalue weighted by atomic mass is 9.71. The van der Waals surface area contributed by atoms with Gasteiger partial charge in [0.15, 0.2) is 0 Å². The Kier molecular flexibility index (Phi) is 3.35. The Balaban J connectivity index is 1.92. The number of fused-ring (bicyclic) bond motifs is 2. The van der Waals surface area contributed by atoms with Crippen LogP contribution in [0, 0.1) is 11.3 Å². The number of Topliss-reactive ketones (excluding diaryl/α,β-unsaturated/α-hetero) is 1. The SMILES string of the molecule is CC1(C)C=C2NC(=O)N[C@@H](c3c(O)ccc4ccccc34)[C@@H]2C(=O)C1. The van der Waals surface area contributed by atoms with Gasteiger partial charge in [-0.2, -0.15) is 0 Å². The zero-order chi connectivity index (χ0) is 17.8. The highest BCUT2D eigenvalue weighted by molar-refractivity contribution is 5.94. The van der Waals surface area contributed by atoms with E-state index in [-0.39, 0.29) is 23.0 Å². The van der Waals surface area contributed by atoms with Crippen LogP contribution in [0.2, 0.25) is 0 Å². The molecule has 1 heterocycles. The predicted molar refractivity (Wildman–Crippen MR) is 95.0 cm³/mol. The van der Waals surface area contributed by atoms with Crippen LogP contribution in [-0.4, -0.2) is 16.9 Å². The molecule has 1 aliphatic heterocycles. The maximum atomic E-state index is 12.9. The number of urea groups is 1. The van der Waals surface area contributed by atoms with Crippen LogP contribution in [0.25, 0.3) is 10.8 Å². The fourth-order valence-corrected chi connectivity index (χ4v) is 4.02. The van der Waals surface area contributed by atoms with Crippen molar-refractivity contribution in [2.45, 2.75) is 26.3 Å². The largest absolute Gasteiger partial charge is 0.508 e. The lowest BCUT2D eigenvalue weighted by Gasteiger charge is -2.40. The Bertz CT molecular complexity index is 930. The van der Waals surface area contributed by atoms with Crippen LogP contribution >= 0.6 is 0 Å². The molecule has 1 aliphatic carbocycles. The van der Waals surface area contributed by atoms with Crippen LogP contribution in [0.5, 0.6) is 5.75 Å². The predicted octanol–water partition coefficient (Wildman–Crippen LogP) is 3.40. The van der Waals surface area contributed by atoms with Gasteiger partial charge in [-0.05, 0) is 22.3 Å². The van der Waals surface area contributed by atoms with Gasteiger partial charge < -0.3 is 15.7 Å². The molecule has 2 amide bonds. The third-order valence-corrected chi connectivity index (χ3v) is 4.99. The first-order chi connectivity index (χ1) is 11.9. The summed E-state index contributed by atoms with van der Waals surface area (Å²) in [6.07, 6.45) is 2.37. The summed E-state index contributed by atoms with van der Waals surface area (Å²) in [5.74, 6) is -0.363. The number of ketones is 1. The van der Waals surface area contributed by atoms with Crippen LogP contribution < -0.4 is 10.6 Å². The molecule has 1 fully saturated rings. The molecule has 2 aromatic rings. The highest BCUT2D eigenvalue weighted by atomic mass is 16.3. The van der Waals surface area contributed by atoms with E-state index >= 15 is 0 Å². The molecule has 0 aromatic heterocycles. The van der Waals surface area contributed by atoms with Crippen molar-refractivity contribution in [1.29, 1.82) is 0 Å². The average Bonchev–Trinajstić information content (AvgIpc) is 2.52. The maximum Gasteiger partial charge on any atom is 0.319 e. The van der Waals surface area contributed by atoms with Gasteiger partial charge in [-0.15, -0.1) is 0 Å². The molecule has 0 bridgehead atoms. The smallest absolute Gasteiger partial charge is 0.319 e. The number of hydrogen-bond donors (Lipinski definition) is 3. The van der Waals surface area contributed by atoms with Crippen LogP contribution in [0.4, 0.5) is 4.79 Å². The van der Waals surface area contributed by atoms with E-state index in [1.807, 2.05) is 50.3 Å². The summed E-state index contributed by atoms with van der Waals surface area (Å²) in [5.41, 5.74) is 0.929. The number of hydrogen-bond acceptors (Lipinski definition) is 3. The van der Waals surface area contributed by atoms with E-state index in [0.717, 1.165) is 10.8 Å².